The molecule has 0 aliphatic heterocycles. The number of aldehydes is 1. The highest BCUT2D eigenvalue weighted by Crippen LogP contribution is 2.29. The van der Waals surface area contributed by atoms with Crippen LogP contribution in [0.4, 0.5) is 0 Å². The van der Waals surface area contributed by atoms with Gasteiger partial charge in [0.15, 0.2) is 12.1 Å². The van der Waals surface area contributed by atoms with Crippen molar-refractivity contribution < 1.29 is 14.3 Å². The lowest BCUT2D eigenvalue weighted by atomic mass is 9.97. The van der Waals surface area contributed by atoms with E-state index in [4.69, 9.17) is 4.74 Å². The maximum atomic E-state index is 12.1. The minimum atomic E-state index is -0.0755. The first-order valence-electron chi connectivity index (χ1n) is 8.05. The van der Waals surface area contributed by atoms with Gasteiger partial charge in [0.25, 0.3) is 0 Å². The molecule has 0 N–H and O–H groups in total. The van der Waals surface area contributed by atoms with Gasteiger partial charge in [-0.1, -0.05) is 60.7 Å². The van der Waals surface area contributed by atoms with Crippen LogP contribution in [0.15, 0.2) is 72.8 Å². The molecular weight excluding hydrogens is 312 g/mol. The van der Waals surface area contributed by atoms with Gasteiger partial charge in [-0.3, -0.25) is 9.59 Å². The molecule has 3 aromatic rings. The fraction of sp³-hybridized carbons (Fsp3) is 0.0909. The van der Waals surface area contributed by atoms with Crippen molar-refractivity contribution in [1.82, 2.24) is 0 Å². The maximum absolute atomic E-state index is 12.1. The molecule has 25 heavy (non-hydrogen) atoms. The number of rotatable bonds is 6. The summed E-state index contributed by atoms with van der Waals surface area (Å²) in [5.74, 6) is 0.470. The third kappa shape index (κ3) is 3.83. The third-order valence-corrected chi connectivity index (χ3v) is 3.99. The van der Waals surface area contributed by atoms with Gasteiger partial charge in [-0.15, -0.1) is 0 Å². The Hall–Kier alpha value is -3.20. The molecule has 0 heterocycles. The Morgan fingerprint density at radius 1 is 0.960 bits per heavy atom. The summed E-state index contributed by atoms with van der Waals surface area (Å²) >= 11 is 0. The average molecular weight is 330 g/mol. The second kappa shape index (κ2) is 7.58. The lowest BCUT2D eigenvalue weighted by Crippen LogP contribution is -2.02. The molecule has 3 aromatic carbocycles. The molecule has 0 fully saturated rings. The molecule has 0 unspecified atom stereocenters. The number of ether oxygens (including phenoxy) is 1. The summed E-state index contributed by atoms with van der Waals surface area (Å²) in [5.41, 5.74) is 3.76. The van der Waals surface area contributed by atoms with Crippen LogP contribution in [0, 0.1) is 0 Å². The molecule has 124 valence electrons. The molecule has 0 aromatic heterocycles. The summed E-state index contributed by atoms with van der Waals surface area (Å²) in [7, 11) is 0. The number of ketones is 1. The quantitative estimate of drug-likeness (QED) is 0.474. The Balaban J connectivity index is 1.93. The van der Waals surface area contributed by atoms with Crippen molar-refractivity contribution in [1.29, 1.82) is 0 Å². The van der Waals surface area contributed by atoms with E-state index in [0.29, 0.717) is 23.5 Å². The minimum absolute atomic E-state index is 0.0755. The molecule has 0 atom stereocenters. The van der Waals surface area contributed by atoms with Crippen molar-refractivity contribution in [3.05, 3.63) is 89.5 Å². The Bertz CT molecular complexity index is 898. The number of carbonyl (C=O) groups excluding carboxylic acids is 2. The van der Waals surface area contributed by atoms with E-state index in [2.05, 4.69) is 0 Å². The molecule has 3 nitrogen and oxygen atoms in total. The second-order valence-corrected chi connectivity index (χ2v) is 5.75. The van der Waals surface area contributed by atoms with Crippen molar-refractivity contribution in [2.24, 2.45) is 0 Å². The zero-order valence-electron chi connectivity index (χ0n) is 13.9. The van der Waals surface area contributed by atoms with Gasteiger partial charge >= 0.3 is 0 Å². The van der Waals surface area contributed by atoms with Crippen LogP contribution in [0.2, 0.25) is 0 Å². The summed E-state index contributed by atoms with van der Waals surface area (Å²) in [5, 5.41) is 0. The van der Waals surface area contributed by atoms with Crippen molar-refractivity contribution in [2.45, 2.75) is 13.5 Å². The molecule has 0 saturated heterocycles. The van der Waals surface area contributed by atoms with Gasteiger partial charge in [-0.2, -0.15) is 0 Å². The van der Waals surface area contributed by atoms with Gasteiger partial charge in [0.05, 0.1) is 5.56 Å². The van der Waals surface area contributed by atoms with E-state index >= 15 is 0 Å². The highest BCUT2D eigenvalue weighted by molar-refractivity contribution is 5.99. The van der Waals surface area contributed by atoms with Crippen LogP contribution >= 0.6 is 0 Å². The Morgan fingerprint density at radius 2 is 1.68 bits per heavy atom. The van der Waals surface area contributed by atoms with E-state index in [1.54, 1.807) is 18.2 Å². The number of carbonyl (C=O) groups is 2. The van der Waals surface area contributed by atoms with E-state index < -0.39 is 0 Å². The number of Topliss-reactive ketones (excluding diaryl/α,β-unsaturated/α-hetero) is 1. The summed E-state index contributed by atoms with van der Waals surface area (Å²) in [4.78, 5) is 23.3. The lowest BCUT2D eigenvalue weighted by Gasteiger charge is -2.13. The monoisotopic (exact) mass is 330 g/mol. The number of hydrogen-bond acceptors (Lipinski definition) is 3. The van der Waals surface area contributed by atoms with Crippen LogP contribution in [0.1, 0.15) is 33.2 Å². The molecule has 0 radical (unpaired) electrons. The van der Waals surface area contributed by atoms with Gasteiger partial charge in [0, 0.05) is 5.56 Å². The second-order valence-electron chi connectivity index (χ2n) is 5.75. The Labute approximate surface area is 146 Å². The van der Waals surface area contributed by atoms with Gasteiger partial charge in [-0.25, -0.2) is 0 Å². The van der Waals surface area contributed by atoms with Crippen LogP contribution in [-0.4, -0.2) is 12.1 Å². The van der Waals surface area contributed by atoms with Crippen LogP contribution in [0.3, 0.4) is 0 Å². The van der Waals surface area contributed by atoms with E-state index in [1.165, 1.54) is 6.92 Å². The average Bonchev–Trinajstić information content (AvgIpc) is 2.67. The molecule has 0 bridgehead atoms. The maximum Gasteiger partial charge on any atom is 0.163 e. The summed E-state index contributed by atoms with van der Waals surface area (Å²) in [6, 6.07) is 22.5. The molecular formula is C22H18O3. The first-order chi connectivity index (χ1) is 12.2. The summed E-state index contributed by atoms with van der Waals surface area (Å²) in [6.07, 6.45) is 0.822. The highest BCUT2D eigenvalue weighted by atomic mass is 16.5. The fourth-order valence-electron chi connectivity index (χ4n) is 2.70. The zero-order chi connectivity index (χ0) is 17.6. The standard InChI is InChI=1S/C22H18O3/c1-16(24)21-13-18(20-10-6-5-9-19(20)14-23)11-12-22(21)25-15-17-7-3-2-4-8-17/h2-14H,15H2,1H3. The van der Waals surface area contributed by atoms with Crippen LogP contribution in [-0.2, 0) is 6.61 Å². The first kappa shape index (κ1) is 16.7. The number of benzene rings is 3. The molecule has 0 saturated carbocycles. The fourth-order valence-corrected chi connectivity index (χ4v) is 2.70. The van der Waals surface area contributed by atoms with Crippen molar-refractivity contribution >= 4 is 12.1 Å². The molecule has 3 heteroatoms. The molecule has 0 amide bonds. The van der Waals surface area contributed by atoms with E-state index in [0.717, 1.165) is 23.0 Å². The third-order valence-electron chi connectivity index (χ3n) is 3.99. The SMILES string of the molecule is CC(=O)c1cc(-c2ccccc2C=O)ccc1OCc1ccccc1. The van der Waals surface area contributed by atoms with Crippen LogP contribution in [0.5, 0.6) is 5.75 Å². The van der Waals surface area contributed by atoms with Crippen LogP contribution in [0.25, 0.3) is 11.1 Å². The Kier molecular flexibility index (Phi) is 5.05. The first-order valence-corrected chi connectivity index (χ1v) is 8.05. The normalized spacial score (nSPS) is 10.3. The van der Waals surface area contributed by atoms with Gasteiger partial charge < -0.3 is 4.74 Å². The van der Waals surface area contributed by atoms with E-state index in [9.17, 15) is 9.59 Å². The predicted molar refractivity (Wildman–Crippen MR) is 98.0 cm³/mol. The molecule has 0 aliphatic carbocycles. The topological polar surface area (TPSA) is 43.4 Å². The molecule has 0 spiro atoms. The van der Waals surface area contributed by atoms with Crippen molar-refractivity contribution in [3.63, 3.8) is 0 Å². The van der Waals surface area contributed by atoms with E-state index in [-0.39, 0.29) is 5.78 Å². The minimum Gasteiger partial charge on any atom is -0.488 e. The van der Waals surface area contributed by atoms with Gasteiger partial charge in [0.1, 0.15) is 12.4 Å². The summed E-state index contributed by atoms with van der Waals surface area (Å²) < 4.78 is 5.84. The van der Waals surface area contributed by atoms with Crippen molar-refractivity contribution in [3.8, 4) is 16.9 Å². The molecule has 3 rings (SSSR count). The van der Waals surface area contributed by atoms with Gasteiger partial charge in [0.2, 0.25) is 0 Å². The smallest absolute Gasteiger partial charge is 0.163 e. The van der Waals surface area contributed by atoms with Gasteiger partial charge in [-0.05, 0) is 35.7 Å². The predicted octanol–water partition coefficient (Wildman–Crippen LogP) is 4.95. The zero-order valence-corrected chi connectivity index (χ0v) is 13.9. The lowest BCUT2D eigenvalue weighted by molar-refractivity contribution is 0.101. The number of hydrogen-bond donors (Lipinski definition) is 0. The van der Waals surface area contributed by atoms with Crippen molar-refractivity contribution in [2.75, 3.05) is 0 Å². The Morgan fingerprint density at radius 3 is 2.40 bits per heavy atom. The van der Waals surface area contributed by atoms with E-state index in [1.807, 2.05) is 54.6 Å². The molecule has 0 aliphatic rings. The largest absolute Gasteiger partial charge is 0.488 e. The van der Waals surface area contributed by atoms with Crippen LogP contribution < -0.4 is 4.74 Å². The summed E-state index contributed by atoms with van der Waals surface area (Å²) in [6.45, 7) is 1.91. The highest BCUT2D eigenvalue weighted by Gasteiger charge is 2.12.